The van der Waals surface area contributed by atoms with Gasteiger partial charge in [0.15, 0.2) is 16.4 Å². The lowest BCUT2D eigenvalue weighted by Gasteiger charge is -2.12. The van der Waals surface area contributed by atoms with E-state index in [4.69, 9.17) is 0 Å². The van der Waals surface area contributed by atoms with E-state index in [9.17, 15) is 26.4 Å². The number of anilines is 1. The van der Waals surface area contributed by atoms with Crippen LogP contribution in [0.3, 0.4) is 0 Å². The third-order valence-corrected chi connectivity index (χ3v) is 4.02. The van der Waals surface area contributed by atoms with E-state index >= 15 is 0 Å². The molecular weight excluding hydrogens is 361 g/mol. The van der Waals surface area contributed by atoms with Crippen molar-refractivity contribution in [2.24, 2.45) is 0 Å². The van der Waals surface area contributed by atoms with Crippen molar-refractivity contribution in [1.82, 2.24) is 4.98 Å². The summed E-state index contributed by atoms with van der Waals surface area (Å²) in [6.07, 6.45) is -2.38. The Morgan fingerprint density at radius 3 is 2.60 bits per heavy atom. The second-order valence-electron chi connectivity index (χ2n) is 5.01. The molecule has 1 amide bonds. The Bertz CT molecular complexity index is 882. The highest BCUT2D eigenvalue weighted by atomic mass is 32.2. The summed E-state index contributed by atoms with van der Waals surface area (Å²) in [5.41, 5.74) is -0.0462. The summed E-state index contributed by atoms with van der Waals surface area (Å²) in [6, 6.07) is 8.07. The number of sulfone groups is 1. The first-order valence-electron chi connectivity index (χ1n) is 6.82. The Hall–Kier alpha value is -2.62. The van der Waals surface area contributed by atoms with Gasteiger partial charge in [-0.25, -0.2) is 13.4 Å². The molecule has 0 atom stereocenters. The fraction of sp³-hybridized carbons (Fsp3) is 0.200. The molecule has 0 aliphatic carbocycles. The molecule has 0 saturated carbocycles. The molecule has 0 fully saturated rings. The van der Waals surface area contributed by atoms with Gasteiger partial charge in [0.1, 0.15) is 5.56 Å². The molecule has 0 unspecified atom stereocenters. The van der Waals surface area contributed by atoms with Gasteiger partial charge in [0, 0.05) is 18.1 Å². The van der Waals surface area contributed by atoms with E-state index in [-0.39, 0.29) is 16.1 Å². The van der Waals surface area contributed by atoms with Crippen LogP contribution in [0.25, 0.3) is 0 Å². The van der Waals surface area contributed by atoms with Crippen LogP contribution >= 0.6 is 0 Å². The van der Waals surface area contributed by atoms with E-state index in [1.165, 1.54) is 42.6 Å². The number of ether oxygens (including phenoxy) is 1. The molecule has 1 aromatic carbocycles. The zero-order chi connectivity index (χ0) is 18.7. The van der Waals surface area contributed by atoms with Crippen LogP contribution in [0.5, 0.6) is 5.88 Å². The summed E-state index contributed by atoms with van der Waals surface area (Å²) in [4.78, 5) is 15.9. The minimum Gasteiger partial charge on any atom is -0.467 e. The number of alkyl halides is 3. The molecule has 0 bridgehead atoms. The van der Waals surface area contributed by atoms with Gasteiger partial charge in [-0.3, -0.25) is 4.79 Å². The van der Waals surface area contributed by atoms with Gasteiger partial charge in [-0.1, -0.05) is 6.07 Å². The number of carbonyl (C=O) groups is 1. The smallest absolute Gasteiger partial charge is 0.422 e. The lowest BCUT2D eigenvalue weighted by molar-refractivity contribution is -0.154. The molecule has 0 aliphatic rings. The number of pyridine rings is 1. The summed E-state index contributed by atoms with van der Waals surface area (Å²) >= 11 is 0. The Kier molecular flexibility index (Phi) is 5.31. The Balaban J connectivity index is 2.22. The maximum atomic E-state index is 12.3. The molecule has 6 nitrogen and oxygen atoms in total. The maximum absolute atomic E-state index is 12.3. The van der Waals surface area contributed by atoms with Crippen LogP contribution in [0, 0.1) is 0 Å². The average Bonchev–Trinajstić information content (AvgIpc) is 2.52. The van der Waals surface area contributed by atoms with Crippen molar-refractivity contribution in [3.8, 4) is 5.88 Å². The maximum Gasteiger partial charge on any atom is 0.422 e. The van der Waals surface area contributed by atoms with Crippen molar-refractivity contribution in [3.63, 3.8) is 0 Å². The largest absolute Gasteiger partial charge is 0.467 e. The van der Waals surface area contributed by atoms with Crippen LogP contribution in [-0.4, -0.2) is 38.3 Å². The number of amides is 1. The second-order valence-corrected chi connectivity index (χ2v) is 7.03. The molecular formula is C15H13F3N2O4S. The van der Waals surface area contributed by atoms with Crippen molar-refractivity contribution in [2.75, 3.05) is 18.2 Å². The first-order chi connectivity index (χ1) is 11.6. The Morgan fingerprint density at radius 1 is 1.24 bits per heavy atom. The third-order valence-electron chi connectivity index (χ3n) is 2.91. The molecule has 0 saturated heterocycles. The van der Waals surface area contributed by atoms with Crippen LogP contribution in [0.2, 0.25) is 0 Å². The van der Waals surface area contributed by atoms with Gasteiger partial charge in [-0.05, 0) is 30.3 Å². The Morgan fingerprint density at radius 2 is 1.96 bits per heavy atom. The fourth-order valence-electron chi connectivity index (χ4n) is 1.83. The molecule has 1 aromatic heterocycles. The monoisotopic (exact) mass is 374 g/mol. The zero-order valence-electron chi connectivity index (χ0n) is 12.9. The van der Waals surface area contributed by atoms with Gasteiger partial charge in [-0.2, -0.15) is 13.2 Å². The van der Waals surface area contributed by atoms with Crippen molar-refractivity contribution in [1.29, 1.82) is 0 Å². The number of hydrogen-bond acceptors (Lipinski definition) is 5. The zero-order valence-corrected chi connectivity index (χ0v) is 13.7. The molecule has 25 heavy (non-hydrogen) atoms. The molecule has 10 heteroatoms. The van der Waals surface area contributed by atoms with Crippen molar-refractivity contribution < 1.29 is 31.1 Å². The van der Waals surface area contributed by atoms with Gasteiger partial charge < -0.3 is 10.1 Å². The summed E-state index contributed by atoms with van der Waals surface area (Å²) in [5.74, 6) is -1.26. The van der Waals surface area contributed by atoms with Crippen LogP contribution in [0.4, 0.5) is 18.9 Å². The van der Waals surface area contributed by atoms with E-state index in [0.717, 1.165) is 6.26 Å². The van der Waals surface area contributed by atoms with Crippen LogP contribution in [0.15, 0.2) is 47.5 Å². The fourth-order valence-corrected chi connectivity index (χ4v) is 2.50. The third kappa shape index (κ3) is 5.45. The van der Waals surface area contributed by atoms with Crippen LogP contribution < -0.4 is 10.1 Å². The van der Waals surface area contributed by atoms with Gasteiger partial charge >= 0.3 is 6.18 Å². The Labute approximate surface area is 141 Å². The van der Waals surface area contributed by atoms with E-state index in [0.29, 0.717) is 0 Å². The summed E-state index contributed by atoms with van der Waals surface area (Å²) in [7, 11) is -3.47. The predicted octanol–water partition coefficient (Wildman–Crippen LogP) is 2.68. The normalized spacial score (nSPS) is 11.8. The second kappa shape index (κ2) is 7.09. The first kappa shape index (κ1) is 18.7. The van der Waals surface area contributed by atoms with Crippen molar-refractivity contribution >= 4 is 21.4 Å². The molecule has 1 heterocycles. The van der Waals surface area contributed by atoms with Crippen molar-refractivity contribution in [3.05, 3.63) is 48.2 Å². The summed E-state index contributed by atoms with van der Waals surface area (Å²) in [5, 5.41) is 2.40. The van der Waals surface area contributed by atoms with E-state index in [2.05, 4.69) is 15.0 Å². The van der Waals surface area contributed by atoms with E-state index in [1.807, 2.05) is 0 Å². The number of benzene rings is 1. The highest BCUT2D eigenvalue weighted by Crippen LogP contribution is 2.22. The van der Waals surface area contributed by atoms with Gasteiger partial charge in [0.25, 0.3) is 5.91 Å². The quantitative estimate of drug-likeness (QED) is 0.870. The number of carbonyl (C=O) groups excluding carboxylic acids is 1. The van der Waals surface area contributed by atoms with E-state index < -0.39 is 34.4 Å². The predicted molar refractivity (Wildman–Crippen MR) is 83.3 cm³/mol. The molecule has 0 spiro atoms. The number of nitrogens with one attached hydrogen (secondary N) is 1. The highest BCUT2D eigenvalue weighted by Gasteiger charge is 2.29. The highest BCUT2D eigenvalue weighted by molar-refractivity contribution is 7.90. The SMILES string of the molecule is CS(=O)(=O)c1cccc(NC(=O)c2cccnc2OCC(F)(F)F)c1. The molecule has 2 rings (SSSR count). The first-order valence-corrected chi connectivity index (χ1v) is 8.71. The molecule has 1 N–H and O–H groups in total. The lowest BCUT2D eigenvalue weighted by Crippen LogP contribution is -2.22. The topological polar surface area (TPSA) is 85.4 Å². The standard InChI is InChI=1S/C15H13F3N2O4S/c1-25(22,23)11-5-2-4-10(8-11)20-13(21)12-6-3-7-19-14(12)24-9-15(16,17)18/h2-8H,9H2,1H3,(H,20,21). The average molecular weight is 374 g/mol. The van der Waals surface area contributed by atoms with Crippen LogP contribution in [-0.2, 0) is 9.84 Å². The molecule has 0 radical (unpaired) electrons. The molecule has 2 aromatic rings. The van der Waals surface area contributed by atoms with Crippen molar-refractivity contribution in [2.45, 2.75) is 11.1 Å². The van der Waals surface area contributed by atoms with Gasteiger partial charge in [0.2, 0.25) is 5.88 Å². The van der Waals surface area contributed by atoms with Crippen LogP contribution in [0.1, 0.15) is 10.4 Å². The molecule has 0 aliphatic heterocycles. The number of aromatic nitrogens is 1. The number of halogens is 3. The molecule has 134 valence electrons. The van der Waals surface area contributed by atoms with Gasteiger partial charge in [-0.15, -0.1) is 0 Å². The van der Waals surface area contributed by atoms with E-state index in [1.54, 1.807) is 0 Å². The van der Waals surface area contributed by atoms with Gasteiger partial charge in [0.05, 0.1) is 4.90 Å². The minimum atomic E-state index is -4.57. The minimum absolute atomic E-state index is 0.00923. The lowest BCUT2D eigenvalue weighted by atomic mass is 10.2. The number of rotatable bonds is 5. The number of nitrogens with zero attached hydrogens (tertiary/aromatic N) is 1. The number of hydrogen-bond donors (Lipinski definition) is 1. The summed E-state index contributed by atoms with van der Waals surface area (Å²) < 4.78 is 64.4. The summed E-state index contributed by atoms with van der Waals surface area (Å²) in [6.45, 7) is -1.59.